The Labute approximate surface area is 426 Å². The molecule has 0 radical (unpaired) electrons. The standard InChI is InChI=1S/C63H106O6/c1-4-7-10-13-16-19-22-25-28-30-31-33-35-38-41-44-47-50-53-56-62(65)68-59-60(58-67-61(64)55-52-49-46-43-40-37-34-27-24-21-18-15-12-9-6-3)69-63(66)57-54-51-48-45-42-39-36-32-29-26-23-20-17-14-11-8-5-2/h9,12,17-18,20-21,25-29,34,36,39-40,43,60H,4-8,10-11,13-16,19,22-24,30-33,35,37-38,41-42,44-59H2,1-3H3/b12-9-,20-17-,21-18-,28-25-,29-26-,34-27-,39-36-,43-40-/t60-/m1/s1. The van der Waals surface area contributed by atoms with Crippen molar-refractivity contribution < 1.29 is 28.6 Å². The molecule has 0 heterocycles. The van der Waals surface area contributed by atoms with Gasteiger partial charge >= 0.3 is 17.9 Å². The zero-order valence-corrected chi connectivity index (χ0v) is 45.0. The molecule has 69 heavy (non-hydrogen) atoms. The van der Waals surface area contributed by atoms with Gasteiger partial charge in [-0.3, -0.25) is 14.4 Å². The Kier molecular flexibility index (Phi) is 53.9. The number of hydrogen-bond donors (Lipinski definition) is 0. The van der Waals surface area contributed by atoms with Gasteiger partial charge in [0.15, 0.2) is 6.10 Å². The van der Waals surface area contributed by atoms with Gasteiger partial charge in [-0.15, -0.1) is 0 Å². The highest BCUT2D eigenvalue weighted by Crippen LogP contribution is 2.14. The molecule has 0 saturated heterocycles. The zero-order valence-electron chi connectivity index (χ0n) is 45.0. The van der Waals surface area contributed by atoms with Crippen LogP contribution in [-0.4, -0.2) is 37.2 Å². The van der Waals surface area contributed by atoms with Gasteiger partial charge in [0.25, 0.3) is 0 Å². The van der Waals surface area contributed by atoms with Crippen molar-refractivity contribution in [1.29, 1.82) is 0 Å². The van der Waals surface area contributed by atoms with Gasteiger partial charge in [0, 0.05) is 19.3 Å². The smallest absolute Gasteiger partial charge is 0.306 e. The maximum Gasteiger partial charge on any atom is 0.306 e. The van der Waals surface area contributed by atoms with Gasteiger partial charge in [-0.1, -0.05) is 221 Å². The fourth-order valence-corrected chi connectivity index (χ4v) is 7.73. The van der Waals surface area contributed by atoms with E-state index in [2.05, 4.69) is 118 Å². The van der Waals surface area contributed by atoms with Crippen molar-refractivity contribution in [2.24, 2.45) is 0 Å². The molecule has 0 unspecified atom stereocenters. The molecule has 0 aliphatic heterocycles. The molecule has 0 aromatic heterocycles. The summed E-state index contributed by atoms with van der Waals surface area (Å²) in [6, 6.07) is 0. The lowest BCUT2D eigenvalue weighted by Crippen LogP contribution is -2.30. The largest absolute Gasteiger partial charge is 0.462 e. The van der Waals surface area contributed by atoms with Crippen LogP contribution in [0.15, 0.2) is 97.2 Å². The molecule has 0 bridgehead atoms. The van der Waals surface area contributed by atoms with Crippen molar-refractivity contribution in [2.45, 2.75) is 271 Å². The molecular weight excluding hydrogens is 853 g/mol. The highest BCUT2D eigenvalue weighted by Gasteiger charge is 2.19. The molecule has 0 aromatic carbocycles. The average Bonchev–Trinajstić information content (AvgIpc) is 3.35. The molecule has 6 heteroatoms. The molecule has 6 nitrogen and oxygen atoms in total. The van der Waals surface area contributed by atoms with Gasteiger partial charge in [0.1, 0.15) is 13.2 Å². The van der Waals surface area contributed by atoms with Crippen LogP contribution in [0.4, 0.5) is 0 Å². The summed E-state index contributed by atoms with van der Waals surface area (Å²) in [7, 11) is 0. The first-order chi connectivity index (χ1) is 34.0. The third-order valence-corrected chi connectivity index (χ3v) is 12.0. The molecule has 0 amide bonds. The zero-order chi connectivity index (χ0) is 50.0. The fourth-order valence-electron chi connectivity index (χ4n) is 7.73. The Morgan fingerprint density at radius 1 is 0.304 bits per heavy atom. The highest BCUT2D eigenvalue weighted by molar-refractivity contribution is 5.71. The van der Waals surface area contributed by atoms with E-state index in [0.717, 1.165) is 109 Å². The first-order valence-corrected chi connectivity index (χ1v) is 28.7. The monoisotopic (exact) mass is 959 g/mol. The molecule has 394 valence electrons. The quantitative estimate of drug-likeness (QED) is 0.0262. The van der Waals surface area contributed by atoms with Gasteiger partial charge in [-0.25, -0.2) is 0 Å². The lowest BCUT2D eigenvalue weighted by Gasteiger charge is -2.18. The van der Waals surface area contributed by atoms with Gasteiger partial charge < -0.3 is 14.2 Å². The maximum atomic E-state index is 12.8. The second-order valence-electron chi connectivity index (χ2n) is 18.8. The van der Waals surface area contributed by atoms with E-state index in [4.69, 9.17) is 14.2 Å². The Bertz CT molecular complexity index is 1380. The fraction of sp³-hybridized carbons (Fsp3) is 0.698. The van der Waals surface area contributed by atoms with E-state index in [9.17, 15) is 14.4 Å². The predicted octanol–water partition coefficient (Wildman–Crippen LogP) is 19.3. The minimum Gasteiger partial charge on any atom is -0.462 e. The Morgan fingerprint density at radius 2 is 0.565 bits per heavy atom. The molecule has 0 rings (SSSR count). The van der Waals surface area contributed by atoms with Crippen LogP contribution < -0.4 is 0 Å². The number of ether oxygens (including phenoxy) is 3. The number of carbonyl (C=O) groups is 3. The summed E-state index contributed by atoms with van der Waals surface area (Å²) in [4.78, 5) is 38.1. The van der Waals surface area contributed by atoms with Crippen LogP contribution in [0.1, 0.15) is 265 Å². The van der Waals surface area contributed by atoms with E-state index in [1.165, 1.54) is 116 Å². The van der Waals surface area contributed by atoms with Crippen LogP contribution in [0.2, 0.25) is 0 Å². The highest BCUT2D eigenvalue weighted by atomic mass is 16.6. The van der Waals surface area contributed by atoms with Crippen molar-refractivity contribution in [1.82, 2.24) is 0 Å². The van der Waals surface area contributed by atoms with E-state index in [0.29, 0.717) is 19.3 Å². The average molecular weight is 960 g/mol. The lowest BCUT2D eigenvalue weighted by molar-refractivity contribution is -0.167. The van der Waals surface area contributed by atoms with E-state index in [1.807, 2.05) is 0 Å². The second kappa shape index (κ2) is 56.9. The Balaban J connectivity index is 4.47. The summed E-state index contributed by atoms with van der Waals surface area (Å²) in [6.45, 7) is 6.44. The summed E-state index contributed by atoms with van der Waals surface area (Å²) in [5, 5.41) is 0. The minimum atomic E-state index is -0.808. The van der Waals surface area contributed by atoms with Crippen molar-refractivity contribution in [3.05, 3.63) is 97.2 Å². The molecular formula is C63H106O6. The minimum absolute atomic E-state index is 0.101. The molecule has 0 fully saturated rings. The van der Waals surface area contributed by atoms with Gasteiger partial charge in [-0.05, 0) is 122 Å². The maximum absolute atomic E-state index is 12.8. The normalized spacial score (nSPS) is 12.8. The first-order valence-electron chi connectivity index (χ1n) is 28.7. The third kappa shape index (κ3) is 55.1. The molecule has 0 spiro atoms. The lowest BCUT2D eigenvalue weighted by atomic mass is 10.1. The van der Waals surface area contributed by atoms with Crippen LogP contribution in [-0.2, 0) is 28.6 Å². The molecule has 0 aliphatic rings. The number of unbranched alkanes of at least 4 members (excludes halogenated alkanes) is 24. The summed E-state index contributed by atoms with van der Waals surface area (Å²) in [5.74, 6) is -0.966. The molecule has 0 N–H and O–H groups in total. The van der Waals surface area contributed by atoms with Gasteiger partial charge in [-0.2, -0.15) is 0 Å². The van der Waals surface area contributed by atoms with Gasteiger partial charge in [0.05, 0.1) is 0 Å². The van der Waals surface area contributed by atoms with Crippen LogP contribution in [0.3, 0.4) is 0 Å². The third-order valence-electron chi connectivity index (χ3n) is 12.0. The Hall–Kier alpha value is -3.67. The van der Waals surface area contributed by atoms with Crippen molar-refractivity contribution in [3.63, 3.8) is 0 Å². The summed E-state index contributed by atoms with van der Waals surface area (Å²) < 4.78 is 16.8. The summed E-state index contributed by atoms with van der Waals surface area (Å²) >= 11 is 0. The van der Waals surface area contributed by atoms with Crippen LogP contribution in [0.5, 0.6) is 0 Å². The molecule has 0 aliphatic carbocycles. The van der Waals surface area contributed by atoms with Gasteiger partial charge in [0.2, 0.25) is 0 Å². The molecule has 0 aromatic rings. The van der Waals surface area contributed by atoms with E-state index in [1.54, 1.807) is 0 Å². The second-order valence-corrected chi connectivity index (χ2v) is 18.8. The predicted molar refractivity (Wildman–Crippen MR) is 297 cm³/mol. The summed E-state index contributed by atoms with van der Waals surface area (Å²) in [6.07, 6.45) is 75.4. The van der Waals surface area contributed by atoms with E-state index >= 15 is 0 Å². The number of rotatable bonds is 51. The number of allylic oxidation sites excluding steroid dienone is 16. The van der Waals surface area contributed by atoms with Crippen LogP contribution >= 0.6 is 0 Å². The van der Waals surface area contributed by atoms with Crippen molar-refractivity contribution in [2.75, 3.05) is 13.2 Å². The summed E-state index contributed by atoms with van der Waals surface area (Å²) in [5.41, 5.74) is 0. The number of esters is 3. The van der Waals surface area contributed by atoms with E-state index < -0.39 is 6.10 Å². The number of carbonyl (C=O) groups excluding carboxylic acids is 3. The SMILES string of the molecule is CC/C=C\C/C=C\C/C=C\C/C=C\CCCCC(=O)OC[C@H](COC(=O)CCCCCCCCCCC/C=C\CCCCCCCC)OC(=O)CCCCCC/C=C\C/C=C\C/C=C\CCCCC. The molecule has 0 saturated carbocycles. The van der Waals surface area contributed by atoms with Crippen molar-refractivity contribution >= 4 is 17.9 Å². The Morgan fingerprint density at radius 3 is 0.957 bits per heavy atom. The van der Waals surface area contributed by atoms with Crippen LogP contribution in [0, 0.1) is 0 Å². The first kappa shape index (κ1) is 65.3. The van der Waals surface area contributed by atoms with E-state index in [-0.39, 0.29) is 31.1 Å². The van der Waals surface area contributed by atoms with Crippen molar-refractivity contribution in [3.8, 4) is 0 Å². The topological polar surface area (TPSA) is 78.9 Å². The number of hydrogen-bond acceptors (Lipinski definition) is 6. The van der Waals surface area contributed by atoms with Crippen LogP contribution in [0.25, 0.3) is 0 Å². The molecule has 1 atom stereocenters.